The summed E-state index contributed by atoms with van der Waals surface area (Å²) >= 11 is 0. The molecule has 15 heavy (non-hydrogen) atoms. The number of unbranched alkanes of at least 4 members (excludes halogenated alkanes) is 1. The number of nitrogens with two attached hydrogens (primary N) is 1. The maximum Gasteiger partial charge on any atom is 0.332 e. The van der Waals surface area contributed by atoms with E-state index in [0.717, 1.165) is 12.8 Å². The number of nitrogens with one attached hydrogen (secondary N) is 1. The van der Waals surface area contributed by atoms with E-state index in [-0.39, 0.29) is 0 Å². The summed E-state index contributed by atoms with van der Waals surface area (Å²) in [6.07, 6.45) is 2.13. The molecule has 6 heteroatoms. The Morgan fingerprint density at radius 2 is 2.07 bits per heavy atom. The Balaban J connectivity index is 4.39. The molecule has 0 saturated carbocycles. The van der Waals surface area contributed by atoms with E-state index in [2.05, 4.69) is 17.5 Å². The number of rotatable bonds is 7. The van der Waals surface area contributed by atoms with Gasteiger partial charge in [-0.25, -0.2) is 10.2 Å². The monoisotopic (exact) mass is 217 g/mol. The molecule has 2 amide bonds. The highest BCUT2D eigenvalue weighted by atomic mass is 16.7. The van der Waals surface area contributed by atoms with Gasteiger partial charge in [0.15, 0.2) is 6.29 Å². The van der Waals surface area contributed by atoms with Crippen LogP contribution in [-0.2, 0) is 9.47 Å². The fourth-order valence-corrected chi connectivity index (χ4v) is 1.08. The fourth-order valence-electron chi connectivity index (χ4n) is 1.08. The summed E-state index contributed by atoms with van der Waals surface area (Å²) in [7, 11) is 3.03. The van der Waals surface area contributed by atoms with Gasteiger partial charge >= 0.3 is 6.03 Å². The zero-order valence-corrected chi connectivity index (χ0v) is 9.45. The lowest BCUT2D eigenvalue weighted by atomic mass is 10.2. The Morgan fingerprint density at radius 3 is 2.47 bits per heavy atom. The van der Waals surface area contributed by atoms with Crippen molar-refractivity contribution < 1.29 is 14.3 Å². The number of carbonyl (C=O) groups is 1. The molecule has 88 valence electrons. The molecule has 0 rings (SSSR count). The van der Waals surface area contributed by atoms with Crippen LogP contribution in [0.1, 0.15) is 26.2 Å². The van der Waals surface area contributed by atoms with E-state index in [1.165, 1.54) is 14.2 Å². The quantitative estimate of drug-likeness (QED) is 0.376. The molecular weight excluding hydrogens is 198 g/mol. The molecule has 0 aromatic carbocycles. The van der Waals surface area contributed by atoms with Crippen LogP contribution in [0.3, 0.4) is 0 Å². The Labute approximate surface area is 89.8 Å². The second kappa shape index (κ2) is 8.19. The number of primary amides is 1. The second-order valence-corrected chi connectivity index (χ2v) is 2.99. The van der Waals surface area contributed by atoms with Gasteiger partial charge in [-0.1, -0.05) is 13.3 Å². The molecular formula is C9H19N3O3. The summed E-state index contributed by atoms with van der Waals surface area (Å²) in [5.74, 6) is 0. The largest absolute Gasteiger partial charge is 0.351 e. The molecule has 0 aliphatic rings. The molecule has 0 fully saturated rings. The van der Waals surface area contributed by atoms with Crippen LogP contribution in [0.5, 0.6) is 0 Å². The third kappa shape index (κ3) is 6.03. The molecule has 0 radical (unpaired) electrons. The van der Waals surface area contributed by atoms with Gasteiger partial charge < -0.3 is 15.2 Å². The van der Waals surface area contributed by atoms with Gasteiger partial charge in [-0.2, -0.15) is 5.10 Å². The first kappa shape index (κ1) is 13.9. The summed E-state index contributed by atoms with van der Waals surface area (Å²) < 4.78 is 10.1. The van der Waals surface area contributed by atoms with Gasteiger partial charge in [0, 0.05) is 14.2 Å². The van der Waals surface area contributed by atoms with E-state index in [9.17, 15) is 4.79 Å². The normalized spacial score (nSPS) is 11.9. The molecule has 0 aliphatic heterocycles. The third-order valence-electron chi connectivity index (χ3n) is 1.80. The highest BCUT2D eigenvalue weighted by Gasteiger charge is 2.14. The van der Waals surface area contributed by atoms with E-state index in [4.69, 9.17) is 15.2 Å². The SMILES string of the molecule is CCCC/C(=N/NC(N)=O)C(OC)OC. The number of nitrogens with zero attached hydrogens (tertiary/aromatic N) is 1. The van der Waals surface area contributed by atoms with Crippen molar-refractivity contribution in [2.45, 2.75) is 32.5 Å². The molecule has 0 aromatic rings. The van der Waals surface area contributed by atoms with Crippen molar-refractivity contribution in [3.05, 3.63) is 0 Å². The number of methoxy groups -OCH3 is 2. The number of urea groups is 1. The van der Waals surface area contributed by atoms with Gasteiger partial charge in [0.05, 0.1) is 5.71 Å². The molecule has 0 aliphatic carbocycles. The minimum absolute atomic E-state index is 0.539. The van der Waals surface area contributed by atoms with Gasteiger partial charge in [-0.05, 0) is 12.8 Å². The Hall–Kier alpha value is -1.14. The Bertz CT molecular complexity index is 215. The number of hydrogen-bond donors (Lipinski definition) is 2. The predicted octanol–water partition coefficient (Wildman–Crippen LogP) is 0.820. The van der Waals surface area contributed by atoms with Crippen LogP contribution in [0.25, 0.3) is 0 Å². The van der Waals surface area contributed by atoms with E-state index in [1.807, 2.05) is 0 Å². The number of carbonyl (C=O) groups excluding carboxylic acids is 1. The molecule has 0 aromatic heterocycles. The van der Waals surface area contributed by atoms with Gasteiger partial charge in [0.25, 0.3) is 0 Å². The van der Waals surface area contributed by atoms with E-state index in [0.29, 0.717) is 12.1 Å². The van der Waals surface area contributed by atoms with Crippen molar-refractivity contribution >= 4 is 11.7 Å². The lowest BCUT2D eigenvalue weighted by Gasteiger charge is -2.15. The van der Waals surface area contributed by atoms with Crippen molar-refractivity contribution in [1.29, 1.82) is 0 Å². The van der Waals surface area contributed by atoms with Crippen molar-refractivity contribution in [3.63, 3.8) is 0 Å². The van der Waals surface area contributed by atoms with E-state index in [1.54, 1.807) is 0 Å². The first-order valence-electron chi connectivity index (χ1n) is 4.83. The van der Waals surface area contributed by atoms with Crippen LogP contribution in [0.2, 0.25) is 0 Å². The number of ether oxygens (including phenoxy) is 2. The van der Waals surface area contributed by atoms with Crippen LogP contribution in [0.15, 0.2) is 5.10 Å². The number of hydrogen-bond acceptors (Lipinski definition) is 4. The van der Waals surface area contributed by atoms with Crippen molar-refractivity contribution in [2.75, 3.05) is 14.2 Å². The smallest absolute Gasteiger partial charge is 0.332 e. The van der Waals surface area contributed by atoms with Crippen LogP contribution in [-0.4, -0.2) is 32.3 Å². The lowest BCUT2D eigenvalue weighted by molar-refractivity contribution is -0.0535. The first-order valence-corrected chi connectivity index (χ1v) is 4.83. The molecule has 0 unspecified atom stereocenters. The zero-order valence-electron chi connectivity index (χ0n) is 9.45. The van der Waals surface area contributed by atoms with Crippen molar-refractivity contribution in [2.24, 2.45) is 10.8 Å². The average molecular weight is 217 g/mol. The molecule has 3 N–H and O–H groups in total. The summed E-state index contributed by atoms with van der Waals surface area (Å²) in [4.78, 5) is 10.5. The maximum atomic E-state index is 10.5. The van der Waals surface area contributed by atoms with E-state index >= 15 is 0 Å². The highest BCUT2D eigenvalue weighted by Crippen LogP contribution is 2.04. The maximum absolute atomic E-state index is 10.5. The summed E-state index contributed by atoms with van der Waals surface area (Å²) in [6, 6.07) is -0.699. The zero-order chi connectivity index (χ0) is 11.7. The molecule has 6 nitrogen and oxygen atoms in total. The molecule has 0 atom stereocenters. The summed E-state index contributed by atoms with van der Waals surface area (Å²) in [5.41, 5.74) is 7.71. The highest BCUT2D eigenvalue weighted by molar-refractivity contribution is 5.88. The average Bonchev–Trinajstić information content (AvgIpc) is 2.22. The summed E-state index contributed by atoms with van der Waals surface area (Å²) in [6.45, 7) is 2.06. The van der Waals surface area contributed by atoms with Gasteiger partial charge in [0.2, 0.25) is 0 Å². The van der Waals surface area contributed by atoms with Crippen LogP contribution < -0.4 is 11.2 Å². The third-order valence-corrected chi connectivity index (χ3v) is 1.80. The van der Waals surface area contributed by atoms with Crippen LogP contribution >= 0.6 is 0 Å². The number of amides is 2. The molecule has 0 heterocycles. The van der Waals surface area contributed by atoms with Crippen LogP contribution in [0.4, 0.5) is 4.79 Å². The van der Waals surface area contributed by atoms with Gasteiger partial charge in [-0.15, -0.1) is 0 Å². The second-order valence-electron chi connectivity index (χ2n) is 2.99. The minimum Gasteiger partial charge on any atom is -0.351 e. The minimum atomic E-state index is -0.699. The van der Waals surface area contributed by atoms with Crippen molar-refractivity contribution in [3.8, 4) is 0 Å². The predicted molar refractivity (Wildman–Crippen MR) is 57.5 cm³/mol. The molecule has 0 bridgehead atoms. The lowest BCUT2D eigenvalue weighted by Crippen LogP contribution is -2.31. The Morgan fingerprint density at radius 1 is 1.47 bits per heavy atom. The number of hydrazone groups is 1. The standard InChI is InChI=1S/C9H19N3O3/c1-4-5-6-7(8(14-2)15-3)11-12-9(10)13/h8H,4-6H2,1-3H3,(H3,10,12,13)/b11-7-. The Kier molecular flexibility index (Phi) is 7.57. The fraction of sp³-hybridized carbons (Fsp3) is 0.778. The first-order chi connectivity index (χ1) is 7.15. The van der Waals surface area contributed by atoms with Crippen molar-refractivity contribution in [1.82, 2.24) is 5.43 Å². The molecule has 0 spiro atoms. The van der Waals surface area contributed by atoms with Crippen LogP contribution in [0, 0.1) is 0 Å². The van der Waals surface area contributed by atoms with Gasteiger partial charge in [0.1, 0.15) is 0 Å². The van der Waals surface area contributed by atoms with E-state index < -0.39 is 12.3 Å². The van der Waals surface area contributed by atoms with Gasteiger partial charge in [-0.3, -0.25) is 0 Å². The summed E-state index contributed by atoms with van der Waals surface area (Å²) in [5, 5.41) is 3.84. The molecule has 0 saturated heterocycles. The topological polar surface area (TPSA) is 85.9 Å².